The van der Waals surface area contributed by atoms with Crippen molar-refractivity contribution in [2.75, 3.05) is 30.7 Å². The maximum atomic E-state index is 14.3. The van der Waals surface area contributed by atoms with E-state index in [9.17, 15) is 57.8 Å². The number of primary amides is 3. The number of nitrogens with two attached hydrogens (primary N) is 5. The lowest BCUT2D eigenvalue weighted by molar-refractivity contribution is -0.142. The van der Waals surface area contributed by atoms with Crippen LogP contribution in [0, 0.1) is 0 Å². The number of thiol groups is 1. The lowest BCUT2D eigenvalue weighted by Gasteiger charge is -2.30. The number of nitrogens with one attached hydrogen (secondary N) is 7. The lowest BCUT2D eigenvalue weighted by Crippen LogP contribution is -2.61. The molecule has 1 aliphatic heterocycles. The number of alkyl halides is 1. The molecule has 0 bridgehead atoms. The number of phenolic OH excluding ortho intramolecular Hbond substituents is 1. The first-order valence-corrected chi connectivity index (χ1v) is 25.7. The first kappa shape index (κ1) is 61.8. The van der Waals surface area contributed by atoms with Gasteiger partial charge in [-0.1, -0.05) is 58.4 Å². The lowest BCUT2D eigenvalue weighted by atomic mass is 10.0. The zero-order chi connectivity index (χ0) is 55.6. The van der Waals surface area contributed by atoms with Gasteiger partial charge >= 0.3 is 0 Å². The van der Waals surface area contributed by atoms with Gasteiger partial charge < -0.3 is 75.9 Å². The number of benzene rings is 2. The van der Waals surface area contributed by atoms with E-state index in [1.807, 2.05) is 0 Å². The van der Waals surface area contributed by atoms with Gasteiger partial charge in [0.05, 0.1) is 13.0 Å². The summed E-state index contributed by atoms with van der Waals surface area (Å²) in [6.07, 6.45) is -0.628. The Morgan fingerprint density at radius 1 is 0.640 bits per heavy atom. The van der Waals surface area contributed by atoms with Crippen LogP contribution in [0.4, 0.5) is 0 Å². The molecule has 1 aliphatic rings. The first-order chi connectivity index (χ1) is 35.6. The average Bonchev–Trinajstić information content (AvgIpc) is 3.86. The van der Waals surface area contributed by atoms with E-state index in [1.165, 1.54) is 17.0 Å². The third-order valence-electron chi connectivity index (χ3n) is 11.5. The fourth-order valence-corrected chi connectivity index (χ4v) is 8.24. The normalized spacial score (nSPS) is 15.2. The van der Waals surface area contributed by atoms with Crippen molar-refractivity contribution in [3.63, 3.8) is 0 Å². The quantitative estimate of drug-likeness (QED) is 0.0109. The summed E-state index contributed by atoms with van der Waals surface area (Å²) in [5.41, 5.74) is 28.0. The zero-order valence-corrected chi connectivity index (χ0v) is 43.6. The van der Waals surface area contributed by atoms with Crippen LogP contribution in [0.25, 0.3) is 0 Å². The van der Waals surface area contributed by atoms with E-state index < -0.39 is 133 Å². The molecule has 11 amide bonds. The average molecular weight is 1130 g/mol. The molecule has 26 nitrogen and oxygen atoms in total. The van der Waals surface area contributed by atoms with E-state index in [0.29, 0.717) is 29.3 Å². The summed E-state index contributed by atoms with van der Waals surface area (Å²) in [6, 6.07) is 4.54. The van der Waals surface area contributed by atoms with Gasteiger partial charge in [0.2, 0.25) is 65.0 Å². The van der Waals surface area contributed by atoms with Crippen LogP contribution in [0.5, 0.6) is 5.75 Å². The van der Waals surface area contributed by atoms with Gasteiger partial charge in [0.1, 0.15) is 48.0 Å². The molecule has 0 radical (unpaired) electrons. The molecule has 410 valence electrons. The highest BCUT2D eigenvalue weighted by Crippen LogP contribution is 2.20. The molecular formula is C47H67BrN14O12S. The minimum absolute atomic E-state index is 0.0242. The van der Waals surface area contributed by atoms with Gasteiger partial charge in [-0.15, -0.1) is 0 Å². The summed E-state index contributed by atoms with van der Waals surface area (Å²) in [5.74, 6) is -9.97. The molecule has 1 saturated heterocycles. The number of carbonyl (C=O) groups excluding carboxylic acids is 11. The molecule has 1 fully saturated rings. The van der Waals surface area contributed by atoms with E-state index in [2.05, 4.69) is 70.8 Å². The van der Waals surface area contributed by atoms with E-state index in [1.54, 1.807) is 42.5 Å². The molecule has 3 rings (SSSR count). The molecule has 0 aliphatic carbocycles. The number of likely N-dealkylation sites (tertiary alicyclic amines) is 1. The van der Waals surface area contributed by atoms with Gasteiger partial charge in [0.25, 0.3) is 0 Å². The number of halogens is 1. The van der Waals surface area contributed by atoms with Crippen molar-refractivity contribution < 1.29 is 57.8 Å². The second kappa shape index (κ2) is 32.0. The molecule has 0 unspecified atom stereocenters. The maximum absolute atomic E-state index is 14.3. The monoisotopic (exact) mass is 1130 g/mol. The fourth-order valence-electron chi connectivity index (χ4n) is 7.71. The van der Waals surface area contributed by atoms with Crippen molar-refractivity contribution >= 4 is 99.5 Å². The third kappa shape index (κ3) is 22.3. The van der Waals surface area contributed by atoms with Gasteiger partial charge in [-0.05, 0) is 61.8 Å². The van der Waals surface area contributed by atoms with Crippen LogP contribution < -0.4 is 65.9 Å². The van der Waals surface area contributed by atoms with Gasteiger partial charge in [0, 0.05) is 49.9 Å². The van der Waals surface area contributed by atoms with Gasteiger partial charge in [0.15, 0.2) is 5.96 Å². The van der Waals surface area contributed by atoms with Crippen LogP contribution in [-0.2, 0) is 65.6 Å². The SMILES string of the molecule is NC(=O)CC[C@H](NC(=O)[C@H](Cc1ccccc1)NC(=O)[C@H](Cc1ccc(O)cc1)NC(=O)CCCBr)C(=O)N[C@@H](CC(N)=O)C(=O)N[C@@H](CS)C(=O)N1CCC[C@H]1C(=O)N[C@@H](CCCN=C(N)N)C(=O)NCC(N)=O. The molecular weight excluding hydrogens is 1060 g/mol. The Labute approximate surface area is 446 Å². The number of nitrogens with zero attached hydrogens (tertiary/aromatic N) is 2. The number of hydrogen-bond donors (Lipinski definition) is 14. The van der Waals surface area contributed by atoms with Crippen LogP contribution in [0.1, 0.15) is 68.9 Å². The van der Waals surface area contributed by atoms with Crippen LogP contribution >= 0.6 is 28.6 Å². The minimum Gasteiger partial charge on any atom is -0.508 e. The smallest absolute Gasteiger partial charge is 0.246 e. The Morgan fingerprint density at radius 3 is 1.79 bits per heavy atom. The van der Waals surface area contributed by atoms with Crippen LogP contribution in [0.3, 0.4) is 0 Å². The van der Waals surface area contributed by atoms with Crippen molar-refractivity contribution in [2.45, 2.75) is 113 Å². The van der Waals surface area contributed by atoms with E-state index in [-0.39, 0.29) is 69.1 Å². The minimum atomic E-state index is -1.79. The van der Waals surface area contributed by atoms with E-state index >= 15 is 0 Å². The number of phenols is 1. The van der Waals surface area contributed by atoms with Crippen molar-refractivity contribution in [3.8, 4) is 5.75 Å². The topological polar surface area (TPSA) is 438 Å². The van der Waals surface area contributed by atoms with Crippen molar-refractivity contribution in [1.29, 1.82) is 0 Å². The predicted octanol–water partition coefficient (Wildman–Crippen LogP) is -4.02. The molecule has 28 heteroatoms. The Kier molecular flexibility index (Phi) is 26.3. The van der Waals surface area contributed by atoms with Gasteiger partial charge in [-0.25, -0.2) is 0 Å². The summed E-state index contributed by atoms with van der Waals surface area (Å²) in [4.78, 5) is 151. The molecule has 0 saturated carbocycles. The Hall–Kier alpha value is -7.49. The second-order valence-corrected chi connectivity index (χ2v) is 18.6. The van der Waals surface area contributed by atoms with Gasteiger partial charge in [-0.2, -0.15) is 12.6 Å². The molecule has 2 aromatic rings. The van der Waals surface area contributed by atoms with Crippen molar-refractivity contribution in [2.24, 2.45) is 33.7 Å². The summed E-state index contributed by atoms with van der Waals surface area (Å²) in [6.45, 7) is -0.368. The standard InChI is InChI=1S/C47H67BrN14O12S/c48-18-4-11-39(67)56-31(22-27-12-14-28(63)15-13-27)42(70)59-32(21-26-7-2-1-3-8-26)43(71)57-30(16-17-36(49)64)41(69)60-33(23-37(50)65)44(72)61-34(25-75)46(74)62-20-6-10-35(62)45(73)58-29(9-5-19-54-47(52)53)40(68)55-24-38(51)66/h1-3,7-8,12-15,29-35,63,75H,4-6,9-11,16-25H2,(H2,49,64)(H2,50,65)(H2,51,66)(H,55,68)(H,56,67)(H,57,71)(H,58,73)(H,59,70)(H,60,69)(H,61,72)(H4,52,53,54)/t29-,30-,31-,32-,33-,34-,35-/m0/s1. The molecule has 75 heavy (non-hydrogen) atoms. The number of aromatic hydroxyl groups is 1. The van der Waals surface area contributed by atoms with Crippen LogP contribution in [-0.4, -0.2) is 154 Å². The zero-order valence-electron chi connectivity index (χ0n) is 41.1. The second-order valence-electron chi connectivity index (χ2n) is 17.5. The first-order valence-electron chi connectivity index (χ1n) is 23.9. The Balaban J connectivity index is 1.85. The molecule has 7 atom stereocenters. The number of amides is 11. The highest BCUT2D eigenvalue weighted by molar-refractivity contribution is 9.09. The predicted molar refractivity (Wildman–Crippen MR) is 280 cm³/mol. The summed E-state index contributed by atoms with van der Waals surface area (Å²) in [7, 11) is 0. The van der Waals surface area contributed by atoms with Gasteiger partial charge in [-0.3, -0.25) is 57.7 Å². The maximum Gasteiger partial charge on any atom is 0.246 e. The fraction of sp³-hybridized carbons (Fsp3) is 0.489. The number of rotatable bonds is 32. The van der Waals surface area contributed by atoms with Crippen molar-refractivity contribution in [3.05, 3.63) is 65.7 Å². The molecule has 18 N–H and O–H groups in total. The molecule has 2 aromatic carbocycles. The summed E-state index contributed by atoms with van der Waals surface area (Å²) < 4.78 is 0. The van der Waals surface area contributed by atoms with Crippen LogP contribution in [0.2, 0.25) is 0 Å². The summed E-state index contributed by atoms with van der Waals surface area (Å²) >= 11 is 7.53. The Bertz CT molecular complexity index is 2360. The Morgan fingerprint density at radius 2 is 1.20 bits per heavy atom. The highest BCUT2D eigenvalue weighted by atomic mass is 79.9. The van der Waals surface area contributed by atoms with Crippen molar-refractivity contribution in [1.82, 2.24) is 42.1 Å². The number of hydrogen-bond acceptors (Lipinski definition) is 14. The third-order valence-corrected chi connectivity index (χ3v) is 12.4. The summed E-state index contributed by atoms with van der Waals surface area (Å²) in [5, 5.41) is 28.0. The number of guanidine groups is 1. The number of carbonyl (C=O) groups is 11. The molecule has 1 heterocycles. The van der Waals surface area contributed by atoms with Crippen LogP contribution in [0.15, 0.2) is 59.6 Å². The number of aliphatic imine (C=N–C) groups is 1. The highest BCUT2D eigenvalue weighted by Gasteiger charge is 2.40. The molecule has 0 spiro atoms. The largest absolute Gasteiger partial charge is 0.508 e. The van der Waals surface area contributed by atoms with E-state index in [4.69, 9.17) is 28.7 Å². The van der Waals surface area contributed by atoms with E-state index in [0.717, 1.165) is 0 Å². The molecule has 0 aromatic heterocycles.